The SMILES string of the molecule is C=C(CCCCCC(=C)P(=O)(c1ccccc1)c1ccccc1)P(=O)(c1ccccc1)c1ccccc1. The highest BCUT2D eigenvalue weighted by Gasteiger charge is 2.31. The van der Waals surface area contributed by atoms with Gasteiger partial charge in [0.05, 0.1) is 0 Å². The van der Waals surface area contributed by atoms with Crippen molar-refractivity contribution < 1.29 is 9.13 Å². The van der Waals surface area contributed by atoms with Crippen LogP contribution < -0.4 is 21.2 Å². The first kappa shape index (κ1) is 26.9. The van der Waals surface area contributed by atoms with Gasteiger partial charge in [0.1, 0.15) is 0 Å². The van der Waals surface area contributed by atoms with Crippen LogP contribution in [0.2, 0.25) is 0 Å². The Labute approximate surface area is 221 Å². The predicted molar refractivity (Wildman–Crippen MR) is 161 cm³/mol. The van der Waals surface area contributed by atoms with Crippen LogP contribution in [0, 0.1) is 0 Å². The molecular formula is C33H34O2P2. The molecular weight excluding hydrogens is 490 g/mol. The zero-order chi connectivity index (χ0) is 26.1. The zero-order valence-corrected chi connectivity index (χ0v) is 23.0. The number of benzene rings is 4. The third kappa shape index (κ3) is 5.88. The molecule has 188 valence electrons. The van der Waals surface area contributed by atoms with Crippen LogP contribution in [0.25, 0.3) is 0 Å². The van der Waals surface area contributed by atoms with E-state index in [0.717, 1.165) is 51.1 Å². The molecule has 0 radical (unpaired) electrons. The molecule has 37 heavy (non-hydrogen) atoms. The Morgan fingerprint density at radius 2 is 0.676 bits per heavy atom. The number of hydrogen-bond donors (Lipinski definition) is 0. The summed E-state index contributed by atoms with van der Waals surface area (Å²) < 4.78 is 28.8. The first-order valence-corrected chi connectivity index (χ1v) is 16.2. The highest BCUT2D eigenvalue weighted by atomic mass is 31.2. The molecule has 0 bridgehead atoms. The van der Waals surface area contributed by atoms with Gasteiger partial charge in [-0.15, -0.1) is 0 Å². The van der Waals surface area contributed by atoms with Gasteiger partial charge in [-0.3, -0.25) is 0 Å². The topological polar surface area (TPSA) is 34.1 Å². The molecule has 0 saturated carbocycles. The molecule has 0 heterocycles. The lowest BCUT2D eigenvalue weighted by Crippen LogP contribution is -2.17. The minimum absolute atomic E-state index is 0.683. The van der Waals surface area contributed by atoms with Crippen molar-refractivity contribution in [2.75, 3.05) is 0 Å². The largest absolute Gasteiger partial charge is 0.309 e. The molecule has 4 aromatic rings. The summed E-state index contributed by atoms with van der Waals surface area (Å²) >= 11 is 0. The molecule has 4 heteroatoms. The van der Waals surface area contributed by atoms with Crippen molar-refractivity contribution >= 4 is 35.5 Å². The van der Waals surface area contributed by atoms with Gasteiger partial charge in [0.2, 0.25) is 0 Å². The van der Waals surface area contributed by atoms with Crippen LogP contribution in [0.5, 0.6) is 0 Å². The van der Waals surface area contributed by atoms with Crippen LogP contribution in [0.1, 0.15) is 32.1 Å². The average Bonchev–Trinajstić information content (AvgIpc) is 2.97. The van der Waals surface area contributed by atoms with E-state index in [9.17, 15) is 9.13 Å². The summed E-state index contributed by atoms with van der Waals surface area (Å²) in [5, 5.41) is 4.86. The van der Waals surface area contributed by atoms with Crippen molar-refractivity contribution in [2.24, 2.45) is 0 Å². The van der Waals surface area contributed by atoms with Gasteiger partial charge in [-0.2, -0.15) is 0 Å². The molecule has 0 fully saturated rings. The van der Waals surface area contributed by atoms with E-state index >= 15 is 0 Å². The van der Waals surface area contributed by atoms with Gasteiger partial charge >= 0.3 is 0 Å². The van der Waals surface area contributed by atoms with E-state index in [0.29, 0.717) is 12.8 Å². The summed E-state index contributed by atoms with van der Waals surface area (Å²) in [6, 6.07) is 38.7. The second kappa shape index (κ2) is 12.4. The Morgan fingerprint density at radius 1 is 0.432 bits per heavy atom. The van der Waals surface area contributed by atoms with Crippen LogP contribution in [0.15, 0.2) is 145 Å². The van der Waals surface area contributed by atoms with Crippen LogP contribution in [-0.2, 0) is 9.13 Å². The molecule has 0 unspecified atom stereocenters. The minimum Gasteiger partial charge on any atom is -0.309 e. The Balaban J connectivity index is 1.42. The highest BCUT2D eigenvalue weighted by molar-refractivity contribution is 7.82. The number of rotatable bonds is 12. The van der Waals surface area contributed by atoms with E-state index in [1.165, 1.54) is 0 Å². The van der Waals surface area contributed by atoms with Gasteiger partial charge in [0.25, 0.3) is 0 Å². The third-order valence-corrected chi connectivity index (χ3v) is 13.1. The van der Waals surface area contributed by atoms with Crippen LogP contribution >= 0.6 is 14.3 Å². The number of allylic oxidation sites excluding steroid dienone is 2. The van der Waals surface area contributed by atoms with Crippen molar-refractivity contribution in [1.82, 2.24) is 0 Å². The van der Waals surface area contributed by atoms with Crippen molar-refractivity contribution in [1.29, 1.82) is 0 Å². The van der Waals surface area contributed by atoms with Gasteiger partial charge < -0.3 is 9.13 Å². The molecule has 0 aromatic heterocycles. The predicted octanol–water partition coefficient (Wildman–Crippen LogP) is 7.99. The van der Waals surface area contributed by atoms with Gasteiger partial charge in [-0.25, -0.2) is 0 Å². The lowest BCUT2D eigenvalue weighted by Gasteiger charge is -2.23. The molecule has 0 N–H and O–H groups in total. The zero-order valence-electron chi connectivity index (χ0n) is 21.2. The van der Waals surface area contributed by atoms with Crippen molar-refractivity contribution in [2.45, 2.75) is 32.1 Å². The molecule has 0 saturated heterocycles. The maximum Gasteiger partial charge on any atom is 0.166 e. The Hall–Kier alpha value is -3.18. The Bertz CT molecular complexity index is 1210. The van der Waals surface area contributed by atoms with Crippen LogP contribution in [0.3, 0.4) is 0 Å². The maximum atomic E-state index is 14.4. The van der Waals surface area contributed by atoms with E-state index in [4.69, 9.17) is 0 Å². The first-order chi connectivity index (χ1) is 18.0. The van der Waals surface area contributed by atoms with E-state index < -0.39 is 14.3 Å². The molecule has 0 atom stereocenters. The summed E-state index contributed by atoms with van der Waals surface area (Å²) in [7, 11) is -5.89. The van der Waals surface area contributed by atoms with E-state index in [1.807, 2.05) is 121 Å². The Kier molecular flexibility index (Phi) is 8.99. The second-order valence-corrected chi connectivity index (χ2v) is 15.0. The number of hydrogen-bond acceptors (Lipinski definition) is 2. The smallest absolute Gasteiger partial charge is 0.166 e. The van der Waals surface area contributed by atoms with Gasteiger partial charge in [0, 0.05) is 21.2 Å². The fourth-order valence-electron chi connectivity index (χ4n) is 4.73. The lowest BCUT2D eigenvalue weighted by molar-refractivity contribution is 0.587. The third-order valence-electron chi connectivity index (χ3n) is 6.80. The van der Waals surface area contributed by atoms with Gasteiger partial charge in [0.15, 0.2) is 14.3 Å². The molecule has 0 aliphatic heterocycles. The molecule has 0 aliphatic rings. The normalized spacial score (nSPS) is 11.7. The summed E-state index contributed by atoms with van der Waals surface area (Å²) in [4.78, 5) is 0. The molecule has 4 aromatic carbocycles. The van der Waals surface area contributed by atoms with E-state index in [-0.39, 0.29) is 0 Å². The Morgan fingerprint density at radius 3 is 0.919 bits per heavy atom. The van der Waals surface area contributed by atoms with Crippen molar-refractivity contribution in [3.8, 4) is 0 Å². The fraction of sp³-hybridized carbons (Fsp3) is 0.152. The summed E-state index contributed by atoms with van der Waals surface area (Å²) in [5.41, 5.74) is 0. The van der Waals surface area contributed by atoms with Crippen molar-refractivity contribution in [3.05, 3.63) is 145 Å². The van der Waals surface area contributed by atoms with Gasteiger partial charge in [-0.1, -0.05) is 141 Å². The lowest BCUT2D eigenvalue weighted by atomic mass is 10.1. The molecule has 0 spiro atoms. The molecule has 0 amide bonds. The van der Waals surface area contributed by atoms with Crippen LogP contribution in [0.4, 0.5) is 0 Å². The monoisotopic (exact) mass is 524 g/mol. The van der Waals surface area contributed by atoms with Gasteiger partial charge in [-0.05, 0) is 36.3 Å². The van der Waals surface area contributed by atoms with E-state index in [2.05, 4.69) is 13.2 Å². The molecule has 2 nitrogen and oxygen atoms in total. The minimum atomic E-state index is -2.95. The average molecular weight is 525 g/mol. The van der Waals surface area contributed by atoms with Crippen molar-refractivity contribution in [3.63, 3.8) is 0 Å². The van der Waals surface area contributed by atoms with E-state index in [1.54, 1.807) is 0 Å². The number of unbranched alkanes of at least 4 members (excludes halogenated alkanes) is 2. The molecule has 4 rings (SSSR count). The maximum absolute atomic E-state index is 14.4. The highest BCUT2D eigenvalue weighted by Crippen LogP contribution is 2.54. The second-order valence-electron chi connectivity index (χ2n) is 9.25. The van der Waals surface area contributed by atoms with Crippen LogP contribution in [-0.4, -0.2) is 0 Å². The summed E-state index contributed by atoms with van der Waals surface area (Å²) in [6.45, 7) is 8.61. The summed E-state index contributed by atoms with van der Waals surface area (Å²) in [6.07, 6.45) is 4.03. The summed E-state index contributed by atoms with van der Waals surface area (Å²) in [5.74, 6) is 0. The standard InChI is InChI=1S/C33H34O2P2/c1-28(36(34,30-20-10-4-11-21-30)31-22-12-5-13-23-31)18-8-3-9-19-29(2)37(35,32-24-14-6-15-25-32)33-26-16-7-17-27-33/h4-7,10-17,20-27H,1-3,8-9,18-19H2. The quantitative estimate of drug-likeness (QED) is 0.139. The fourth-order valence-corrected chi connectivity index (χ4v) is 10.1. The molecule has 0 aliphatic carbocycles. The first-order valence-electron chi connectivity index (χ1n) is 12.8.